The number of fused-ring (bicyclic) bond motifs is 1. The molecule has 0 aliphatic carbocycles. The van der Waals surface area contributed by atoms with Crippen molar-refractivity contribution in [2.24, 2.45) is 0 Å². The molecule has 0 bridgehead atoms. The van der Waals surface area contributed by atoms with Gasteiger partial charge < -0.3 is 14.5 Å². The molecule has 35 heavy (non-hydrogen) atoms. The highest BCUT2D eigenvalue weighted by molar-refractivity contribution is 6.31. The van der Waals surface area contributed by atoms with Gasteiger partial charge >= 0.3 is 6.09 Å². The second kappa shape index (κ2) is 9.60. The van der Waals surface area contributed by atoms with Crippen molar-refractivity contribution in [3.8, 4) is 22.5 Å². The molecule has 0 atom stereocenters. The van der Waals surface area contributed by atoms with Gasteiger partial charge in [0.25, 0.3) is 5.91 Å². The minimum atomic E-state index is -0.376. The Morgan fingerprint density at radius 1 is 0.800 bits per heavy atom. The third-order valence-corrected chi connectivity index (χ3v) is 6.60. The fraction of sp³-hybridized carbons (Fsp3) is 0.192. The number of carbonyl (C=O) groups excluding carboxylic acids is 2. The molecule has 1 saturated heterocycles. The number of piperazine rings is 1. The molecule has 2 amide bonds. The first kappa shape index (κ1) is 23.2. The number of halogens is 2. The molecule has 3 heterocycles. The normalized spacial score (nSPS) is 13.8. The number of amides is 2. The Morgan fingerprint density at radius 3 is 1.97 bits per heavy atom. The van der Waals surface area contributed by atoms with E-state index >= 15 is 0 Å². The molecule has 0 unspecified atom stereocenters. The maximum Gasteiger partial charge on any atom is 0.409 e. The average molecular weight is 509 g/mol. The van der Waals surface area contributed by atoms with Crippen molar-refractivity contribution < 1.29 is 14.3 Å². The molecule has 1 fully saturated rings. The topological polar surface area (TPSA) is 67.2 Å². The van der Waals surface area contributed by atoms with Gasteiger partial charge in [-0.15, -0.1) is 0 Å². The number of hydrogen-bond acceptors (Lipinski definition) is 4. The second-order valence-corrected chi connectivity index (χ2v) is 9.09. The van der Waals surface area contributed by atoms with Crippen LogP contribution in [0.5, 0.6) is 0 Å². The highest BCUT2D eigenvalue weighted by Crippen LogP contribution is 2.34. The molecule has 0 saturated carbocycles. The minimum Gasteiger partial charge on any atom is -0.453 e. The maximum absolute atomic E-state index is 13.3. The van der Waals surface area contributed by atoms with E-state index in [9.17, 15) is 9.59 Å². The third kappa shape index (κ3) is 4.57. The Bertz CT molecular complexity index is 1390. The predicted molar refractivity (Wildman–Crippen MR) is 136 cm³/mol. The molecule has 178 valence electrons. The van der Waals surface area contributed by atoms with Gasteiger partial charge in [0.2, 0.25) is 0 Å². The second-order valence-electron chi connectivity index (χ2n) is 8.22. The molecule has 1 aliphatic heterocycles. The Labute approximate surface area is 212 Å². The minimum absolute atomic E-state index is 0.0970. The number of carbonyl (C=O) groups is 2. The summed E-state index contributed by atoms with van der Waals surface area (Å²) in [6, 6.07) is 18.7. The van der Waals surface area contributed by atoms with E-state index in [0.717, 1.165) is 22.5 Å². The van der Waals surface area contributed by atoms with Gasteiger partial charge in [-0.3, -0.25) is 9.20 Å². The molecule has 4 aromatic rings. The predicted octanol–water partition coefficient (Wildman–Crippen LogP) is 5.50. The maximum atomic E-state index is 13.3. The van der Waals surface area contributed by atoms with Gasteiger partial charge in [-0.2, -0.15) is 0 Å². The summed E-state index contributed by atoms with van der Waals surface area (Å²) in [6.07, 6.45) is 1.44. The van der Waals surface area contributed by atoms with E-state index in [2.05, 4.69) is 0 Å². The summed E-state index contributed by atoms with van der Waals surface area (Å²) in [5.74, 6) is -0.0970. The number of benzene rings is 2. The fourth-order valence-electron chi connectivity index (χ4n) is 4.27. The fourth-order valence-corrected chi connectivity index (χ4v) is 4.52. The van der Waals surface area contributed by atoms with Crippen LogP contribution < -0.4 is 0 Å². The van der Waals surface area contributed by atoms with Gasteiger partial charge in [0.05, 0.1) is 24.1 Å². The summed E-state index contributed by atoms with van der Waals surface area (Å²) in [5, 5.41) is 1.28. The molecule has 2 aromatic carbocycles. The van der Waals surface area contributed by atoms with E-state index < -0.39 is 0 Å². The zero-order chi connectivity index (χ0) is 24.5. The van der Waals surface area contributed by atoms with Gasteiger partial charge in [-0.1, -0.05) is 47.5 Å². The molecular weight excluding hydrogens is 487 g/mol. The van der Waals surface area contributed by atoms with E-state index in [0.29, 0.717) is 47.4 Å². The standard InChI is InChI=1S/C26H22Cl2N4O3/c1-35-26(34)31-14-12-30(13-15-31)25(33)19-6-11-22-29-23(17-2-7-20(27)8-3-17)24(32(22)16-19)18-4-9-21(28)10-5-18/h2-11,16H,12-15H2,1H3. The number of imidazole rings is 1. The highest BCUT2D eigenvalue weighted by atomic mass is 35.5. The lowest BCUT2D eigenvalue weighted by Crippen LogP contribution is -2.50. The summed E-state index contributed by atoms with van der Waals surface area (Å²) in [4.78, 5) is 33.3. The summed E-state index contributed by atoms with van der Waals surface area (Å²) >= 11 is 12.2. The van der Waals surface area contributed by atoms with Crippen LogP contribution in [0.3, 0.4) is 0 Å². The van der Waals surface area contributed by atoms with Gasteiger partial charge in [0.15, 0.2) is 0 Å². The van der Waals surface area contributed by atoms with E-state index in [4.69, 9.17) is 32.9 Å². The van der Waals surface area contributed by atoms with Crippen molar-refractivity contribution in [3.05, 3.63) is 82.5 Å². The number of pyridine rings is 1. The van der Waals surface area contributed by atoms with E-state index in [-0.39, 0.29) is 12.0 Å². The number of methoxy groups -OCH3 is 1. The van der Waals surface area contributed by atoms with Crippen LogP contribution in [0.25, 0.3) is 28.2 Å². The summed E-state index contributed by atoms with van der Waals surface area (Å²) in [6.45, 7) is 1.75. The van der Waals surface area contributed by atoms with E-state index in [1.165, 1.54) is 7.11 Å². The quantitative estimate of drug-likeness (QED) is 0.366. The van der Waals surface area contributed by atoms with Crippen molar-refractivity contribution in [3.63, 3.8) is 0 Å². The van der Waals surface area contributed by atoms with Crippen molar-refractivity contribution in [1.82, 2.24) is 19.2 Å². The summed E-state index contributed by atoms with van der Waals surface area (Å²) in [5.41, 5.74) is 4.72. The van der Waals surface area contributed by atoms with Gasteiger partial charge in [0, 0.05) is 53.5 Å². The van der Waals surface area contributed by atoms with Crippen LogP contribution in [0.2, 0.25) is 10.0 Å². The van der Waals surface area contributed by atoms with Crippen LogP contribution in [0.4, 0.5) is 4.79 Å². The molecule has 2 aromatic heterocycles. The lowest BCUT2D eigenvalue weighted by atomic mass is 10.0. The molecule has 9 heteroatoms. The monoisotopic (exact) mass is 508 g/mol. The molecule has 5 rings (SSSR count). The summed E-state index contributed by atoms with van der Waals surface area (Å²) < 4.78 is 6.72. The zero-order valence-electron chi connectivity index (χ0n) is 18.9. The Kier molecular flexibility index (Phi) is 6.36. The molecular formula is C26H22Cl2N4O3. The van der Waals surface area contributed by atoms with E-state index in [1.807, 2.05) is 65.2 Å². The lowest BCUT2D eigenvalue weighted by Gasteiger charge is -2.33. The Hall–Kier alpha value is -3.55. The molecule has 0 spiro atoms. The van der Waals surface area contributed by atoms with Crippen LogP contribution in [0, 0.1) is 0 Å². The lowest BCUT2D eigenvalue weighted by molar-refractivity contribution is 0.0599. The Morgan fingerprint density at radius 2 is 1.37 bits per heavy atom. The molecule has 7 nitrogen and oxygen atoms in total. The first-order valence-electron chi connectivity index (χ1n) is 11.1. The zero-order valence-corrected chi connectivity index (χ0v) is 20.5. The van der Waals surface area contributed by atoms with Crippen molar-refractivity contribution in [2.45, 2.75) is 0 Å². The third-order valence-electron chi connectivity index (χ3n) is 6.10. The van der Waals surface area contributed by atoms with Crippen molar-refractivity contribution in [2.75, 3.05) is 33.3 Å². The highest BCUT2D eigenvalue weighted by Gasteiger charge is 2.26. The molecule has 1 aliphatic rings. The molecule has 0 N–H and O–H groups in total. The van der Waals surface area contributed by atoms with Crippen molar-refractivity contribution in [1.29, 1.82) is 0 Å². The SMILES string of the molecule is COC(=O)N1CCN(C(=O)c2ccc3nc(-c4ccc(Cl)cc4)c(-c4ccc(Cl)cc4)n3c2)CC1. The summed E-state index contributed by atoms with van der Waals surface area (Å²) in [7, 11) is 1.36. The first-order chi connectivity index (χ1) is 16.9. The van der Waals surface area contributed by atoms with Crippen LogP contribution in [-0.2, 0) is 4.74 Å². The number of aromatic nitrogens is 2. The number of ether oxygens (including phenoxy) is 1. The van der Waals surface area contributed by atoms with Gasteiger partial charge in [0.1, 0.15) is 5.65 Å². The van der Waals surface area contributed by atoms with Gasteiger partial charge in [-0.05, 0) is 36.4 Å². The van der Waals surface area contributed by atoms with Crippen LogP contribution in [-0.4, -0.2) is 64.5 Å². The number of nitrogens with zero attached hydrogens (tertiary/aromatic N) is 4. The van der Waals surface area contributed by atoms with Crippen LogP contribution in [0.15, 0.2) is 66.9 Å². The van der Waals surface area contributed by atoms with E-state index in [1.54, 1.807) is 15.9 Å². The van der Waals surface area contributed by atoms with Crippen molar-refractivity contribution >= 4 is 40.8 Å². The van der Waals surface area contributed by atoms with Gasteiger partial charge in [-0.25, -0.2) is 9.78 Å². The number of rotatable bonds is 3. The van der Waals surface area contributed by atoms with Crippen LogP contribution in [0.1, 0.15) is 10.4 Å². The first-order valence-corrected chi connectivity index (χ1v) is 11.9. The Balaban J connectivity index is 1.54. The van der Waals surface area contributed by atoms with Crippen LogP contribution >= 0.6 is 23.2 Å². The smallest absolute Gasteiger partial charge is 0.409 e. The molecule has 0 radical (unpaired) electrons. The average Bonchev–Trinajstić information content (AvgIpc) is 3.27. The number of hydrogen-bond donors (Lipinski definition) is 0. The largest absolute Gasteiger partial charge is 0.453 e.